The highest BCUT2D eigenvalue weighted by atomic mass is 19.1. The van der Waals surface area contributed by atoms with Crippen LogP contribution in [0.4, 0.5) is 16.0 Å². The van der Waals surface area contributed by atoms with Gasteiger partial charge in [0.2, 0.25) is 5.95 Å². The zero-order valence-corrected chi connectivity index (χ0v) is 16.3. The molecule has 1 aliphatic heterocycles. The van der Waals surface area contributed by atoms with Crippen molar-refractivity contribution in [3.63, 3.8) is 0 Å². The Bertz CT molecular complexity index is 993. The van der Waals surface area contributed by atoms with Crippen molar-refractivity contribution < 1.29 is 9.18 Å². The molecule has 4 rings (SSSR count). The third-order valence-corrected chi connectivity index (χ3v) is 4.93. The second-order valence-corrected chi connectivity index (χ2v) is 7.06. The number of anilines is 2. The lowest BCUT2D eigenvalue weighted by molar-refractivity contribution is 0.101. The van der Waals surface area contributed by atoms with E-state index in [1.54, 1.807) is 37.6 Å². The second-order valence-electron chi connectivity index (χ2n) is 7.06. The van der Waals surface area contributed by atoms with Gasteiger partial charge < -0.3 is 15.1 Å². The molecule has 3 aromatic rings. The molecule has 1 N–H and O–H groups in total. The number of hydrogen-bond donors (Lipinski definition) is 1. The number of piperazine rings is 1. The molecular formula is C20H22FN7O. The summed E-state index contributed by atoms with van der Waals surface area (Å²) in [6, 6.07) is 7.66. The van der Waals surface area contributed by atoms with E-state index in [-0.39, 0.29) is 11.7 Å². The molecule has 0 radical (unpaired) electrons. The lowest BCUT2D eigenvalue weighted by Gasteiger charge is -2.32. The van der Waals surface area contributed by atoms with Gasteiger partial charge in [-0.1, -0.05) is 0 Å². The van der Waals surface area contributed by atoms with E-state index in [1.165, 1.54) is 16.8 Å². The molecule has 0 aliphatic carbocycles. The predicted molar refractivity (Wildman–Crippen MR) is 108 cm³/mol. The summed E-state index contributed by atoms with van der Waals surface area (Å²) in [5.74, 6) is 0.0298. The van der Waals surface area contributed by atoms with Gasteiger partial charge in [0.1, 0.15) is 11.5 Å². The Morgan fingerprint density at radius 1 is 1.03 bits per heavy atom. The summed E-state index contributed by atoms with van der Waals surface area (Å²) in [4.78, 5) is 25.8. The number of aromatic nitrogens is 4. The van der Waals surface area contributed by atoms with Crippen LogP contribution in [0.1, 0.15) is 10.5 Å². The van der Waals surface area contributed by atoms with Crippen LogP contribution in [0.3, 0.4) is 0 Å². The van der Waals surface area contributed by atoms with Gasteiger partial charge in [0.05, 0.1) is 23.8 Å². The molecule has 150 valence electrons. The average molecular weight is 395 g/mol. The maximum absolute atomic E-state index is 13.1. The number of amides is 1. The largest absolute Gasteiger partial charge is 0.338 e. The van der Waals surface area contributed by atoms with E-state index in [9.17, 15) is 9.18 Å². The van der Waals surface area contributed by atoms with Crippen LogP contribution in [0.2, 0.25) is 0 Å². The molecule has 1 aromatic carbocycles. The number of rotatable bonds is 4. The molecule has 0 saturated carbocycles. The topological polar surface area (TPSA) is 79.2 Å². The van der Waals surface area contributed by atoms with Crippen molar-refractivity contribution in [3.8, 4) is 11.3 Å². The van der Waals surface area contributed by atoms with Gasteiger partial charge in [-0.05, 0) is 37.4 Å². The van der Waals surface area contributed by atoms with Crippen molar-refractivity contribution in [2.45, 2.75) is 0 Å². The molecule has 0 unspecified atom stereocenters. The first kappa shape index (κ1) is 19.0. The smallest absolute Gasteiger partial charge is 0.274 e. The molecular weight excluding hydrogens is 373 g/mol. The number of hydrogen-bond acceptors (Lipinski definition) is 6. The number of aryl methyl sites for hydroxylation is 1. The molecule has 1 saturated heterocycles. The third-order valence-electron chi connectivity index (χ3n) is 4.93. The van der Waals surface area contributed by atoms with Crippen LogP contribution < -0.4 is 10.2 Å². The average Bonchev–Trinajstić information content (AvgIpc) is 3.11. The number of benzene rings is 1. The Kier molecular flexibility index (Phi) is 5.22. The van der Waals surface area contributed by atoms with Gasteiger partial charge in [0.15, 0.2) is 0 Å². The maximum Gasteiger partial charge on any atom is 0.274 e. The van der Waals surface area contributed by atoms with E-state index in [2.05, 4.69) is 37.2 Å². The van der Waals surface area contributed by atoms with Gasteiger partial charge in [-0.2, -0.15) is 5.10 Å². The van der Waals surface area contributed by atoms with Crippen LogP contribution in [0.15, 0.2) is 42.7 Å². The standard InChI is InChI=1S/C20H22FN7O/c1-26-7-9-28(10-8-26)20-22-12-16(13-23-20)24-19(29)18-11-17(25-27(18)2)14-3-5-15(21)6-4-14/h3-6,11-13H,7-10H2,1-2H3,(H,24,29). The minimum atomic E-state index is -0.317. The zero-order valence-electron chi connectivity index (χ0n) is 16.3. The van der Waals surface area contributed by atoms with E-state index in [0.29, 0.717) is 23.0 Å². The van der Waals surface area contributed by atoms with Crippen LogP contribution in [0, 0.1) is 5.82 Å². The highest BCUT2D eigenvalue weighted by Gasteiger charge is 2.18. The van der Waals surface area contributed by atoms with Gasteiger partial charge in [-0.15, -0.1) is 0 Å². The van der Waals surface area contributed by atoms with E-state index in [0.717, 1.165) is 31.7 Å². The minimum absolute atomic E-state index is 0.315. The van der Waals surface area contributed by atoms with Crippen molar-refractivity contribution in [1.82, 2.24) is 24.6 Å². The van der Waals surface area contributed by atoms with Crippen LogP contribution in [0.25, 0.3) is 11.3 Å². The van der Waals surface area contributed by atoms with Crippen molar-refractivity contribution in [1.29, 1.82) is 0 Å². The highest BCUT2D eigenvalue weighted by Crippen LogP contribution is 2.20. The Hall–Kier alpha value is -3.33. The van der Waals surface area contributed by atoms with Crippen LogP contribution >= 0.6 is 0 Å². The predicted octanol–water partition coefficient (Wildman–Crippen LogP) is 2.02. The fraction of sp³-hybridized carbons (Fsp3) is 0.300. The SMILES string of the molecule is CN1CCN(c2ncc(NC(=O)c3cc(-c4ccc(F)cc4)nn3C)cn2)CC1. The molecule has 2 aromatic heterocycles. The number of carbonyl (C=O) groups is 1. The Morgan fingerprint density at radius 2 is 1.69 bits per heavy atom. The first-order valence-electron chi connectivity index (χ1n) is 9.36. The molecule has 1 aliphatic rings. The van der Waals surface area contributed by atoms with Crippen LogP contribution in [-0.2, 0) is 7.05 Å². The van der Waals surface area contributed by atoms with E-state index < -0.39 is 0 Å². The monoisotopic (exact) mass is 395 g/mol. The molecule has 0 atom stereocenters. The molecule has 8 nitrogen and oxygen atoms in total. The molecule has 3 heterocycles. The van der Waals surface area contributed by atoms with E-state index >= 15 is 0 Å². The first-order valence-corrected chi connectivity index (χ1v) is 9.36. The number of carbonyl (C=O) groups excluding carboxylic acids is 1. The number of nitrogens with zero attached hydrogens (tertiary/aromatic N) is 6. The maximum atomic E-state index is 13.1. The summed E-state index contributed by atoms with van der Waals surface area (Å²) in [6.45, 7) is 3.70. The van der Waals surface area contributed by atoms with Crippen molar-refractivity contribution in [2.24, 2.45) is 7.05 Å². The lowest BCUT2D eigenvalue weighted by Crippen LogP contribution is -2.45. The molecule has 1 amide bonds. The zero-order chi connectivity index (χ0) is 20.4. The van der Waals surface area contributed by atoms with Crippen molar-refractivity contribution in [3.05, 3.63) is 54.2 Å². The summed E-state index contributed by atoms with van der Waals surface area (Å²) in [6.07, 6.45) is 3.21. The molecule has 29 heavy (non-hydrogen) atoms. The van der Waals surface area contributed by atoms with Gasteiger partial charge in [0, 0.05) is 38.8 Å². The quantitative estimate of drug-likeness (QED) is 0.728. The van der Waals surface area contributed by atoms with Crippen LogP contribution in [-0.4, -0.2) is 63.8 Å². The molecule has 1 fully saturated rings. The van der Waals surface area contributed by atoms with Crippen molar-refractivity contribution in [2.75, 3.05) is 43.4 Å². The van der Waals surface area contributed by atoms with Crippen molar-refractivity contribution >= 4 is 17.5 Å². The molecule has 0 spiro atoms. The number of likely N-dealkylation sites (N-methyl/N-ethyl adjacent to an activating group) is 1. The summed E-state index contributed by atoms with van der Waals surface area (Å²) >= 11 is 0. The summed E-state index contributed by atoms with van der Waals surface area (Å²) < 4.78 is 14.6. The van der Waals surface area contributed by atoms with Gasteiger partial charge in [-0.3, -0.25) is 9.48 Å². The molecule has 0 bridgehead atoms. The number of nitrogens with one attached hydrogen (secondary N) is 1. The summed E-state index contributed by atoms with van der Waals surface area (Å²) in [7, 11) is 3.78. The third kappa shape index (κ3) is 4.24. The van der Waals surface area contributed by atoms with Gasteiger partial charge in [-0.25, -0.2) is 14.4 Å². The fourth-order valence-electron chi connectivity index (χ4n) is 3.19. The normalized spacial score (nSPS) is 14.8. The van der Waals surface area contributed by atoms with E-state index in [1.807, 2.05) is 0 Å². The van der Waals surface area contributed by atoms with Crippen LogP contribution in [0.5, 0.6) is 0 Å². The summed E-state index contributed by atoms with van der Waals surface area (Å²) in [5, 5.41) is 7.14. The Labute approximate surface area is 168 Å². The highest BCUT2D eigenvalue weighted by molar-refractivity contribution is 6.03. The Balaban J connectivity index is 1.45. The van der Waals surface area contributed by atoms with Gasteiger partial charge in [0.25, 0.3) is 5.91 Å². The number of halogens is 1. The first-order chi connectivity index (χ1) is 14.0. The minimum Gasteiger partial charge on any atom is -0.338 e. The summed E-state index contributed by atoms with van der Waals surface area (Å²) in [5.41, 5.74) is 2.23. The molecule has 9 heteroatoms. The van der Waals surface area contributed by atoms with Gasteiger partial charge >= 0.3 is 0 Å². The second kappa shape index (κ2) is 7.96. The lowest BCUT2D eigenvalue weighted by atomic mass is 10.1. The fourth-order valence-corrected chi connectivity index (χ4v) is 3.19. The Morgan fingerprint density at radius 3 is 2.34 bits per heavy atom. The van der Waals surface area contributed by atoms with E-state index in [4.69, 9.17) is 0 Å².